The van der Waals surface area contributed by atoms with E-state index in [1.807, 2.05) is 52.0 Å². The lowest BCUT2D eigenvalue weighted by Gasteiger charge is -2.32. The maximum Gasteiger partial charge on any atom is 0.494 e. The molecule has 0 bridgehead atoms. The van der Waals surface area contributed by atoms with E-state index in [0.717, 1.165) is 35.9 Å². The average Bonchev–Trinajstić information content (AvgIpc) is 3.09. The lowest BCUT2D eigenvalue weighted by atomic mass is 9.78. The quantitative estimate of drug-likeness (QED) is 0.641. The Bertz CT molecular complexity index is 682. The van der Waals surface area contributed by atoms with Crippen molar-refractivity contribution < 1.29 is 14.4 Å². The van der Waals surface area contributed by atoms with Crippen molar-refractivity contribution in [1.29, 1.82) is 0 Å². The summed E-state index contributed by atoms with van der Waals surface area (Å²) < 4.78 is 12.2. The Kier molecular flexibility index (Phi) is 5.29. The Hall–Kier alpha value is -1.63. The van der Waals surface area contributed by atoms with Gasteiger partial charge in [0.15, 0.2) is 0 Å². The van der Waals surface area contributed by atoms with Crippen LogP contribution < -0.4 is 11.2 Å². The molecule has 1 saturated carbocycles. The van der Waals surface area contributed by atoms with Crippen LogP contribution in [0.5, 0.6) is 0 Å². The molecule has 0 aromatic heterocycles. The van der Waals surface area contributed by atoms with Crippen molar-refractivity contribution in [3.63, 3.8) is 0 Å². The Balaban J connectivity index is 1.72. The first-order valence-electron chi connectivity index (χ1n) is 9.32. The third-order valence-corrected chi connectivity index (χ3v) is 5.80. The topological polar surface area (TPSA) is 77.1 Å². The lowest BCUT2D eigenvalue weighted by molar-refractivity contribution is 0.00578. The van der Waals surface area contributed by atoms with Gasteiger partial charge in [0.2, 0.25) is 0 Å². The number of rotatable bonds is 4. The summed E-state index contributed by atoms with van der Waals surface area (Å²) in [5.41, 5.74) is 7.87. The minimum atomic E-state index is -0.373. The molecule has 6 heteroatoms. The molecule has 0 spiro atoms. The van der Waals surface area contributed by atoms with E-state index in [2.05, 4.69) is 4.99 Å². The molecule has 1 aromatic carbocycles. The smallest absolute Gasteiger partial charge is 0.404 e. The molecule has 1 aliphatic carbocycles. The molecular weight excluding hydrogens is 327 g/mol. The second kappa shape index (κ2) is 7.18. The van der Waals surface area contributed by atoms with Crippen molar-refractivity contribution in [2.24, 2.45) is 10.7 Å². The number of allylic oxidation sites excluding steroid dienone is 1. The third-order valence-electron chi connectivity index (χ3n) is 5.80. The lowest BCUT2D eigenvalue weighted by Crippen LogP contribution is -2.41. The summed E-state index contributed by atoms with van der Waals surface area (Å²) in [5, 5.41) is 9.90. The average molecular weight is 356 g/mol. The normalized spacial score (nSPS) is 28.2. The molecule has 1 heterocycles. The predicted octanol–water partition coefficient (Wildman–Crippen LogP) is 2.27. The highest BCUT2D eigenvalue weighted by Crippen LogP contribution is 2.36. The van der Waals surface area contributed by atoms with Crippen molar-refractivity contribution >= 4 is 24.4 Å². The second-order valence-corrected chi connectivity index (χ2v) is 8.18. The minimum absolute atomic E-state index is 0.0195. The van der Waals surface area contributed by atoms with E-state index in [0.29, 0.717) is 0 Å². The summed E-state index contributed by atoms with van der Waals surface area (Å²) in [7, 11) is -0.373. The first-order valence-corrected chi connectivity index (χ1v) is 9.32. The van der Waals surface area contributed by atoms with Crippen LogP contribution in [-0.4, -0.2) is 41.8 Å². The van der Waals surface area contributed by atoms with Gasteiger partial charge in [-0.3, -0.25) is 4.99 Å². The maximum absolute atomic E-state index is 9.90. The summed E-state index contributed by atoms with van der Waals surface area (Å²) in [4.78, 5) is 4.52. The molecule has 3 N–H and O–H groups in total. The van der Waals surface area contributed by atoms with Gasteiger partial charge in [-0.15, -0.1) is 0 Å². The molecule has 0 unspecified atom stereocenters. The van der Waals surface area contributed by atoms with Crippen LogP contribution in [0, 0.1) is 0 Å². The van der Waals surface area contributed by atoms with E-state index >= 15 is 0 Å². The highest BCUT2D eigenvalue weighted by Gasteiger charge is 2.51. The molecule has 2 aliphatic rings. The Morgan fingerprint density at radius 2 is 1.77 bits per heavy atom. The summed E-state index contributed by atoms with van der Waals surface area (Å²) in [6.45, 7) is 8.18. The first kappa shape index (κ1) is 19.1. The Morgan fingerprint density at radius 3 is 2.27 bits per heavy atom. The standard InChI is InChI=1S/C20H29BN2O3/c1-19(2)20(3,4)26-21(25-19)16-10-8-14(9-11-16)15(12-22)13-23-17-6-5-7-18(17)24/h8-13,17-18,24H,5-7,22H2,1-4H3/t17-,18-/m0/s1. The molecule has 3 rings (SSSR count). The molecule has 140 valence electrons. The van der Waals surface area contributed by atoms with Crippen molar-refractivity contribution in [2.75, 3.05) is 0 Å². The van der Waals surface area contributed by atoms with E-state index in [-0.39, 0.29) is 30.5 Å². The van der Waals surface area contributed by atoms with Crippen LogP contribution in [0.2, 0.25) is 0 Å². The molecule has 1 aromatic rings. The molecule has 1 aliphatic heterocycles. The molecule has 26 heavy (non-hydrogen) atoms. The zero-order valence-electron chi connectivity index (χ0n) is 16.1. The van der Waals surface area contributed by atoms with E-state index < -0.39 is 0 Å². The fourth-order valence-electron chi connectivity index (χ4n) is 3.30. The zero-order chi connectivity index (χ0) is 18.9. The van der Waals surface area contributed by atoms with Gasteiger partial charge >= 0.3 is 7.12 Å². The van der Waals surface area contributed by atoms with Gasteiger partial charge in [0.1, 0.15) is 0 Å². The summed E-state index contributed by atoms with van der Waals surface area (Å²) in [6, 6.07) is 7.97. The highest BCUT2D eigenvalue weighted by atomic mass is 16.7. The van der Waals surface area contributed by atoms with Crippen molar-refractivity contribution in [3.05, 3.63) is 36.0 Å². The van der Waals surface area contributed by atoms with Gasteiger partial charge in [-0.1, -0.05) is 24.3 Å². The molecule has 0 radical (unpaired) electrons. The Labute approximate surface area is 156 Å². The molecule has 2 fully saturated rings. The maximum atomic E-state index is 9.90. The van der Waals surface area contributed by atoms with Crippen LogP contribution in [0.4, 0.5) is 0 Å². The van der Waals surface area contributed by atoms with Crippen LogP contribution in [0.25, 0.3) is 5.57 Å². The fraction of sp³-hybridized carbons (Fsp3) is 0.550. The van der Waals surface area contributed by atoms with Crippen LogP contribution in [0.1, 0.15) is 52.5 Å². The number of aliphatic hydroxyl groups is 1. The number of aliphatic hydroxyl groups excluding tert-OH is 1. The minimum Gasteiger partial charge on any atom is -0.404 e. The zero-order valence-corrected chi connectivity index (χ0v) is 16.1. The summed E-state index contributed by atoms with van der Waals surface area (Å²) in [6.07, 6.45) is 5.75. The van der Waals surface area contributed by atoms with Crippen LogP contribution in [0.3, 0.4) is 0 Å². The van der Waals surface area contributed by atoms with Gasteiger partial charge in [0, 0.05) is 18.0 Å². The van der Waals surface area contributed by atoms with Gasteiger partial charge in [0.05, 0.1) is 23.3 Å². The van der Waals surface area contributed by atoms with E-state index in [1.54, 1.807) is 12.4 Å². The van der Waals surface area contributed by atoms with Gasteiger partial charge in [-0.25, -0.2) is 0 Å². The summed E-state index contributed by atoms with van der Waals surface area (Å²) >= 11 is 0. The van der Waals surface area contributed by atoms with E-state index in [9.17, 15) is 5.11 Å². The number of nitrogens with zero attached hydrogens (tertiary/aromatic N) is 1. The second-order valence-electron chi connectivity index (χ2n) is 8.18. The molecule has 1 saturated heterocycles. The van der Waals surface area contributed by atoms with Crippen molar-refractivity contribution in [2.45, 2.75) is 70.3 Å². The number of nitrogens with two attached hydrogens (primary N) is 1. The Morgan fingerprint density at radius 1 is 1.15 bits per heavy atom. The highest BCUT2D eigenvalue weighted by molar-refractivity contribution is 6.62. The van der Waals surface area contributed by atoms with Gasteiger partial charge in [0.25, 0.3) is 0 Å². The van der Waals surface area contributed by atoms with Crippen molar-refractivity contribution in [3.8, 4) is 0 Å². The predicted molar refractivity (Wildman–Crippen MR) is 106 cm³/mol. The number of hydrogen-bond donors (Lipinski definition) is 2. The van der Waals surface area contributed by atoms with Crippen LogP contribution in [-0.2, 0) is 9.31 Å². The number of hydrogen-bond acceptors (Lipinski definition) is 5. The van der Waals surface area contributed by atoms with Gasteiger partial charge < -0.3 is 20.1 Å². The van der Waals surface area contributed by atoms with Gasteiger partial charge in [-0.05, 0) is 58.0 Å². The molecular formula is C20H29BN2O3. The molecule has 2 atom stereocenters. The summed E-state index contributed by atoms with van der Waals surface area (Å²) in [5.74, 6) is 0. The molecule has 5 nitrogen and oxygen atoms in total. The van der Waals surface area contributed by atoms with E-state index in [4.69, 9.17) is 15.0 Å². The first-order chi connectivity index (χ1) is 12.2. The third kappa shape index (κ3) is 3.73. The van der Waals surface area contributed by atoms with Gasteiger partial charge in [-0.2, -0.15) is 0 Å². The van der Waals surface area contributed by atoms with Crippen molar-refractivity contribution in [1.82, 2.24) is 0 Å². The fourth-order valence-corrected chi connectivity index (χ4v) is 3.30. The number of benzene rings is 1. The largest absolute Gasteiger partial charge is 0.494 e. The van der Waals surface area contributed by atoms with E-state index in [1.165, 1.54) is 0 Å². The number of aliphatic imine (C=N–C) groups is 1. The van der Waals surface area contributed by atoms with Crippen LogP contribution >= 0.6 is 0 Å². The molecule has 0 amide bonds. The monoisotopic (exact) mass is 356 g/mol. The SMILES string of the molecule is CC1(C)OB(c2ccc(C(C=N[C@H]3CCC[C@@H]3O)=CN)cc2)OC1(C)C. The van der Waals surface area contributed by atoms with Crippen LogP contribution in [0.15, 0.2) is 35.5 Å².